The van der Waals surface area contributed by atoms with Gasteiger partial charge in [-0.2, -0.15) is 0 Å². The van der Waals surface area contributed by atoms with Crippen LogP contribution < -0.4 is 26.4 Å². The monoisotopic (exact) mass is 527 g/mol. The minimum Gasteiger partial charge on any atom is -0.361 e. The lowest BCUT2D eigenvalue weighted by Gasteiger charge is -2.25. The molecule has 2 aromatic carbocycles. The second-order valence-corrected chi connectivity index (χ2v) is 10.8. The van der Waals surface area contributed by atoms with Crippen LogP contribution >= 0.6 is 11.9 Å². The van der Waals surface area contributed by atoms with Gasteiger partial charge in [0, 0.05) is 39.4 Å². The van der Waals surface area contributed by atoms with Gasteiger partial charge in [0.25, 0.3) is 0 Å². The largest absolute Gasteiger partial charge is 0.361 e. The molecule has 2 aromatic rings. The quantitative estimate of drug-likeness (QED) is 0.231. The van der Waals surface area contributed by atoms with E-state index in [9.17, 15) is 0 Å². The fourth-order valence-electron chi connectivity index (χ4n) is 5.30. The van der Waals surface area contributed by atoms with Crippen molar-refractivity contribution in [2.75, 3.05) is 23.7 Å². The Morgan fingerprint density at radius 3 is 2.63 bits per heavy atom. The van der Waals surface area contributed by atoms with Crippen LogP contribution in [0.1, 0.15) is 55.7 Å². The summed E-state index contributed by atoms with van der Waals surface area (Å²) in [6.45, 7) is 15.1. The van der Waals surface area contributed by atoms with Crippen LogP contribution in [0.2, 0.25) is 0 Å². The van der Waals surface area contributed by atoms with E-state index in [1.54, 1.807) is 0 Å². The van der Waals surface area contributed by atoms with Crippen molar-refractivity contribution in [3.8, 4) is 0 Å². The summed E-state index contributed by atoms with van der Waals surface area (Å²) in [5, 5.41) is 20.0. The van der Waals surface area contributed by atoms with Crippen LogP contribution in [0.5, 0.6) is 0 Å². The van der Waals surface area contributed by atoms with Gasteiger partial charge in [0.2, 0.25) is 0 Å². The van der Waals surface area contributed by atoms with Crippen molar-refractivity contribution in [1.82, 2.24) is 10.6 Å². The number of rotatable bonds is 8. The van der Waals surface area contributed by atoms with E-state index in [0.717, 1.165) is 64.0 Å². The Balaban J connectivity index is 1.62. The number of piperidine rings is 1. The number of hydrogen-bond donors (Lipinski definition) is 5. The van der Waals surface area contributed by atoms with Gasteiger partial charge in [-0.15, -0.1) is 0 Å². The van der Waals surface area contributed by atoms with Gasteiger partial charge >= 0.3 is 0 Å². The van der Waals surface area contributed by atoms with Crippen molar-refractivity contribution in [2.24, 2.45) is 5.14 Å². The molecule has 6 heteroatoms. The molecule has 0 amide bonds. The first kappa shape index (κ1) is 27.8. The Morgan fingerprint density at radius 1 is 1.13 bits per heavy atom. The normalized spacial score (nSPS) is 19.4. The summed E-state index contributed by atoms with van der Waals surface area (Å²) in [6.07, 6.45) is 11.8. The Morgan fingerprint density at radius 2 is 1.92 bits per heavy atom. The number of anilines is 2. The number of nitrogens with two attached hydrogens (primary N) is 1. The zero-order valence-electron chi connectivity index (χ0n) is 23.1. The van der Waals surface area contributed by atoms with E-state index in [4.69, 9.17) is 5.14 Å². The number of aryl methyl sites for hydroxylation is 2. The van der Waals surface area contributed by atoms with E-state index in [1.165, 1.54) is 41.5 Å². The molecule has 6 N–H and O–H groups in total. The van der Waals surface area contributed by atoms with Crippen LogP contribution in [0.25, 0.3) is 0 Å². The average Bonchev–Trinajstić information content (AvgIpc) is 2.89. The van der Waals surface area contributed by atoms with Crippen LogP contribution in [0.3, 0.4) is 0 Å². The summed E-state index contributed by atoms with van der Waals surface area (Å²) in [6, 6.07) is 13.0. The summed E-state index contributed by atoms with van der Waals surface area (Å²) in [4.78, 5) is 0.986. The molecule has 0 spiro atoms. The van der Waals surface area contributed by atoms with Crippen molar-refractivity contribution >= 4 is 23.3 Å². The molecule has 0 radical (unpaired) electrons. The van der Waals surface area contributed by atoms with Crippen LogP contribution in [-0.4, -0.2) is 13.1 Å². The third kappa shape index (κ3) is 6.81. The highest BCUT2D eigenvalue weighted by Crippen LogP contribution is 2.32. The lowest BCUT2D eigenvalue weighted by molar-refractivity contribution is 0.459. The summed E-state index contributed by atoms with van der Waals surface area (Å²) in [5.74, 6) is 0.649. The van der Waals surface area contributed by atoms with E-state index in [0.29, 0.717) is 5.92 Å². The van der Waals surface area contributed by atoms with Crippen molar-refractivity contribution in [3.63, 3.8) is 0 Å². The predicted molar refractivity (Wildman–Crippen MR) is 165 cm³/mol. The van der Waals surface area contributed by atoms with E-state index in [-0.39, 0.29) is 0 Å². The maximum atomic E-state index is 5.90. The second-order valence-electron chi connectivity index (χ2n) is 10.1. The smallest absolute Gasteiger partial charge is 0.0538 e. The van der Waals surface area contributed by atoms with Crippen molar-refractivity contribution in [3.05, 3.63) is 112 Å². The Bertz CT molecular complexity index is 1290. The molecule has 2 aliphatic rings. The summed E-state index contributed by atoms with van der Waals surface area (Å²) in [5.41, 5.74) is 11.3. The van der Waals surface area contributed by atoms with E-state index < -0.39 is 0 Å². The highest BCUT2D eigenvalue weighted by molar-refractivity contribution is 7.97. The molecule has 2 aliphatic heterocycles. The predicted octanol–water partition coefficient (Wildman–Crippen LogP) is 7.39. The molecule has 1 fully saturated rings. The lowest BCUT2D eigenvalue weighted by Crippen LogP contribution is -2.26. The molecule has 5 nitrogen and oxygen atoms in total. The number of hydrogen-bond acceptors (Lipinski definition) is 6. The van der Waals surface area contributed by atoms with Crippen LogP contribution in [0, 0.1) is 13.8 Å². The molecule has 1 saturated heterocycles. The number of allylic oxidation sites excluding steroid dienone is 5. The van der Waals surface area contributed by atoms with Crippen LogP contribution in [-0.2, 0) is 0 Å². The highest BCUT2D eigenvalue weighted by Gasteiger charge is 2.19. The molecule has 4 rings (SSSR count). The molecular formula is C32H41N5S. The first-order valence-electron chi connectivity index (χ1n) is 13.5. The van der Waals surface area contributed by atoms with Gasteiger partial charge in [-0.05, 0) is 130 Å². The van der Waals surface area contributed by atoms with Gasteiger partial charge in [0.1, 0.15) is 0 Å². The van der Waals surface area contributed by atoms with Crippen molar-refractivity contribution < 1.29 is 0 Å². The molecule has 0 aromatic heterocycles. The third-order valence-corrected chi connectivity index (χ3v) is 7.72. The SMILES string of the molecule is C=C(/C=C1/C=CNC(=C/CC)/C1=C(/C)Nc1ccc(C2CCNCC2)c(C)c1)Nc1cc(C)ccc1SN. The molecule has 0 bridgehead atoms. The fourth-order valence-corrected chi connectivity index (χ4v) is 5.68. The van der Waals surface area contributed by atoms with Gasteiger partial charge in [-0.3, -0.25) is 5.14 Å². The first-order chi connectivity index (χ1) is 18.4. The molecule has 38 heavy (non-hydrogen) atoms. The number of benzene rings is 2. The first-order valence-corrected chi connectivity index (χ1v) is 14.4. The van der Waals surface area contributed by atoms with E-state index in [1.807, 2.05) is 12.3 Å². The standard InChI is InChI=1S/C32H41N5S/c1-6-7-29-32(24(5)37-27-9-10-28(22(3)19-27)25-12-15-34-16-13-25)26(14-17-35-29)20-23(4)36-30-18-21(2)8-11-31(30)38-33/h7-11,14,17-20,25,34-37H,4,6,12-13,15-16,33H2,1-3,5H3/b26-20-,29-7+,32-24-. The zero-order valence-corrected chi connectivity index (χ0v) is 23.9. The van der Waals surface area contributed by atoms with E-state index in [2.05, 4.69) is 104 Å². The van der Waals surface area contributed by atoms with Gasteiger partial charge < -0.3 is 21.3 Å². The van der Waals surface area contributed by atoms with Crippen LogP contribution in [0.4, 0.5) is 11.4 Å². The molecule has 2 heterocycles. The molecule has 200 valence electrons. The third-order valence-electron chi connectivity index (χ3n) is 7.11. The lowest BCUT2D eigenvalue weighted by atomic mass is 9.87. The maximum Gasteiger partial charge on any atom is 0.0538 e. The average molecular weight is 528 g/mol. The second kappa shape index (κ2) is 13.1. The summed E-state index contributed by atoms with van der Waals surface area (Å²) in [7, 11) is 0. The van der Waals surface area contributed by atoms with Crippen LogP contribution in [0.15, 0.2) is 101 Å². The summed E-state index contributed by atoms with van der Waals surface area (Å²) < 4.78 is 0. The molecular weight excluding hydrogens is 486 g/mol. The maximum absolute atomic E-state index is 5.90. The zero-order chi connectivity index (χ0) is 27.1. The van der Waals surface area contributed by atoms with Gasteiger partial charge in [0.05, 0.1) is 5.69 Å². The molecule has 0 atom stereocenters. The van der Waals surface area contributed by atoms with Gasteiger partial charge in [-0.1, -0.05) is 31.7 Å². The van der Waals surface area contributed by atoms with Crippen molar-refractivity contribution in [1.29, 1.82) is 0 Å². The minimum absolute atomic E-state index is 0.649. The topological polar surface area (TPSA) is 74.1 Å². The number of nitrogens with one attached hydrogen (secondary N) is 4. The molecule has 0 unspecified atom stereocenters. The Kier molecular flexibility index (Phi) is 9.56. The van der Waals surface area contributed by atoms with Crippen molar-refractivity contribution in [2.45, 2.75) is 57.8 Å². The Labute approximate surface area is 232 Å². The minimum atomic E-state index is 0.649. The van der Waals surface area contributed by atoms with Gasteiger partial charge in [-0.25, -0.2) is 0 Å². The van der Waals surface area contributed by atoms with Gasteiger partial charge in [0.15, 0.2) is 0 Å². The molecule has 0 saturated carbocycles. The fraction of sp³-hybridized carbons (Fsp3) is 0.312. The van der Waals surface area contributed by atoms with E-state index >= 15 is 0 Å². The molecule has 0 aliphatic carbocycles. The Hall–Kier alpha value is -3.19. The summed E-state index contributed by atoms with van der Waals surface area (Å²) >= 11 is 1.24. The highest BCUT2D eigenvalue weighted by atomic mass is 32.2.